The first kappa shape index (κ1) is 30.7. The van der Waals surface area contributed by atoms with Gasteiger partial charge in [0.2, 0.25) is 11.8 Å². The largest absolute Gasteiger partial charge is 0.416 e. The molecular formula is C29H32F3N3O4S. The van der Waals surface area contributed by atoms with E-state index in [0.717, 1.165) is 17.7 Å². The molecule has 1 atom stereocenters. The van der Waals surface area contributed by atoms with Gasteiger partial charge in [-0.1, -0.05) is 61.0 Å². The topological polar surface area (TPSA) is 86.8 Å². The van der Waals surface area contributed by atoms with Crippen LogP contribution in [0.25, 0.3) is 0 Å². The Bertz CT molecular complexity index is 1410. The summed E-state index contributed by atoms with van der Waals surface area (Å²) >= 11 is 0. The van der Waals surface area contributed by atoms with Gasteiger partial charge in [-0.2, -0.15) is 13.2 Å². The van der Waals surface area contributed by atoms with Gasteiger partial charge in [-0.05, 0) is 56.2 Å². The molecule has 0 saturated carbocycles. The number of carbonyl (C=O) groups excluding carboxylic acids is 2. The summed E-state index contributed by atoms with van der Waals surface area (Å²) in [6, 6.07) is 17.3. The van der Waals surface area contributed by atoms with Crippen molar-refractivity contribution in [2.75, 3.05) is 17.4 Å². The molecule has 0 aliphatic rings. The van der Waals surface area contributed by atoms with Gasteiger partial charge in [0, 0.05) is 13.1 Å². The summed E-state index contributed by atoms with van der Waals surface area (Å²) in [7, 11) is -4.47. The second-order valence-electron chi connectivity index (χ2n) is 9.20. The van der Waals surface area contributed by atoms with E-state index in [4.69, 9.17) is 0 Å². The van der Waals surface area contributed by atoms with Crippen LogP contribution >= 0.6 is 0 Å². The van der Waals surface area contributed by atoms with Crippen molar-refractivity contribution in [2.24, 2.45) is 0 Å². The fourth-order valence-electron chi connectivity index (χ4n) is 4.19. The van der Waals surface area contributed by atoms with Crippen molar-refractivity contribution >= 4 is 27.5 Å². The number of nitrogens with one attached hydrogen (secondary N) is 1. The normalized spacial score (nSPS) is 12.4. The molecule has 0 aliphatic carbocycles. The number of alkyl halides is 3. The van der Waals surface area contributed by atoms with Gasteiger partial charge in [0.1, 0.15) is 12.6 Å². The van der Waals surface area contributed by atoms with Gasteiger partial charge >= 0.3 is 6.18 Å². The molecule has 3 aromatic carbocycles. The summed E-state index contributed by atoms with van der Waals surface area (Å²) in [4.78, 5) is 27.9. The molecule has 3 rings (SSSR count). The Morgan fingerprint density at radius 1 is 0.925 bits per heavy atom. The summed E-state index contributed by atoms with van der Waals surface area (Å²) in [5.74, 6) is -1.16. The number of hydrogen-bond donors (Lipinski definition) is 1. The average molecular weight is 576 g/mol. The van der Waals surface area contributed by atoms with Crippen LogP contribution in [0.1, 0.15) is 37.0 Å². The second-order valence-corrected chi connectivity index (χ2v) is 11.1. The van der Waals surface area contributed by atoms with Crippen LogP contribution in [-0.2, 0) is 32.3 Å². The maximum absolute atomic E-state index is 13.9. The lowest BCUT2D eigenvalue weighted by atomic mass is 10.1. The first-order valence-electron chi connectivity index (χ1n) is 12.8. The molecule has 0 bridgehead atoms. The molecule has 0 aromatic heterocycles. The van der Waals surface area contributed by atoms with E-state index in [1.807, 2.05) is 19.1 Å². The van der Waals surface area contributed by atoms with Crippen molar-refractivity contribution in [1.29, 1.82) is 0 Å². The lowest BCUT2D eigenvalue weighted by molar-refractivity contribution is -0.140. The molecule has 40 heavy (non-hydrogen) atoms. The van der Waals surface area contributed by atoms with Crippen LogP contribution in [0, 0.1) is 6.92 Å². The highest BCUT2D eigenvalue weighted by atomic mass is 32.2. The number of amides is 2. The summed E-state index contributed by atoms with van der Waals surface area (Å²) in [6.07, 6.45) is -4.50. The molecule has 0 unspecified atom stereocenters. The lowest BCUT2D eigenvalue weighted by Gasteiger charge is -2.33. The number of benzene rings is 3. The zero-order valence-corrected chi connectivity index (χ0v) is 23.3. The molecule has 0 fully saturated rings. The third-order valence-corrected chi connectivity index (χ3v) is 8.07. The van der Waals surface area contributed by atoms with Crippen LogP contribution in [0.2, 0.25) is 0 Å². The zero-order valence-electron chi connectivity index (χ0n) is 22.5. The number of anilines is 1. The summed E-state index contributed by atoms with van der Waals surface area (Å²) in [5, 5.41) is 2.70. The van der Waals surface area contributed by atoms with Crippen LogP contribution in [0.15, 0.2) is 83.8 Å². The van der Waals surface area contributed by atoms with Crippen molar-refractivity contribution in [2.45, 2.75) is 50.9 Å². The summed E-state index contributed by atoms with van der Waals surface area (Å²) < 4.78 is 68.7. The quantitative estimate of drug-likeness (QED) is 0.343. The van der Waals surface area contributed by atoms with Crippen molar-refractivity contribution in [1.82, 2.24) is 10.2 Å². The van der Waals surface area contributed by atoms with Crippen LogP contribution in [0.3, 0.4) is 0 Å². The van der Waals surface area contributed by atoms with E-state index >= 15 is 0 Å². The molecule has 11 heteroatoms. The van der Waals surface area contributed by atoms with E-state index in [0.29, 0.717) is 22.5 Å². The molecule has 214 valence electrons. The molecule has 0 radical (unpaired) electrons. The SMILES string of the molecule is CCNC(=O)[C@H](CC)N(Cc1ccc(C)cc1)C(=O)CN(c1cccc(C(F)(F)F)c1)S(=O)(=O)c1ccccc1. The molecule has 0 heterocycles. The maximum Gasteiger partial charge on any atom is 0.416 e. The van der Waals surface area contributed by atoms with Gasteiger partial charge in [-0.25, -0.2) is 8.42 Å². The molecule has 0 saturated heterocycles. The number of sulfonamides is 1. The highest BCUT2D eigenvalue weighted by molar-refractivity contribution is 7.92. The second kappa shape index (κ2) is 13.0. The molecule has 7 nitrogen and oxygen atoms in total. The Labute approximate surface area is 232 Å². The third-order valence-electron chi connectivity index (χ3n) is 6.28. The third kappa shape index (κ3) is 7.41. The molecular weight excluding hydrogens is 543 g/mol. The molecule has 2 amide bonds. The highest BCUT2D eigenvalue weighted by Gasteiger charge is 2.35. The van der Waals surface area contributed by atoms with Crippen LogP contribution in [0.4, 0.5) is 18.9 Å². The molecule has 3 aromatic rings. The number of carbonyl (C=O) groups is 2. The summed E-state index contributed by atoms with van der Waals surface area (Å²) in [6.45, 7) is 4.86. The highest BCUT2D eigenvalue weighted by Crippen LogP contribution is 2.33. The Kier molecular flexibility index (Phi) is 9.97. The standard InChI is InChI=1S/C29H32F3N3O4S/c1-4-26(28(37)33-5-2)34(19-22-16-14-21(3)15-17-22)27(36)20-35(40(38,39)25-12-7-6-8-13-25)24-11-9-10-23(18-24)29(30,31)32/h6-18,26H,4-5,19-20H2,1-3H3,(H,33,37)/t26-/m0/s1. The first-order valence-corrected chi connectivity index (χ1v) is 14.2. The minimum Gasteiger partial charge on any atom is -0.355 e. The number of rotatable bonds is 11. The van der Waals surface area contributed by atoms with E-state index in [2.05, 4.69) is 5.32 Å². The number of aryl methyl sites for hydroxylation is 1. The van der Waals surface area contributed by atoms with E-state index in [-0.39, 0.29) is 23.5 Å². The predicted octanol–water partition coefficient (Wildman–Crippen LogP) is 5.15. The molecule has 0 spiro atoms. The summed E-state index contributed by atoms with van der Waals surface area (Å²) in [5.41, 5.74) is 0.310. The van der Waals surface area contributed by atoms with Crippen molar-refractivity contribution in [3.8, 4) is 0 Å². The fourth-order valence-corrected chi connectivity index (χ4v) is 5.61. The minimum absolute atomic E-state index is 0.00340. The van der Waals surface area contributed by atoms with Gasteiger partial charge in [-0.15, -0.1) is 0 Å². The number of halogens is 3. The Morgan fingerprint density at radius 2 is 1.57 bits per heavy atom. The van der Waals surface area contributed by atoms with E-state index < -0.39 is 46.2 Å². The van der Waals surface area contributed by atoms with Crippen molar-refractivity contribution in [3.05, 3.63) is 95.6 Å². The van der Waals surface area contributed by atoms with Gasteiger partial charge in [-0.3, -0.25) is 13.9 Å². The fraction of sp³-hybridized carbons (Fsp3) is 0.310. The predicted molar refractivity (Wildman–Crippen MR) is 147 cm³/mol. The van der Waals surface area contributed by atoms with Crippen LogP contribution in [0.5, 0.6) is 0 Å². The van der Waals surface area contributed by atoms with Crippen LogP contribution < -0.4 is 9.62 Å². The van der Waals surface area contributed by atoms with Crippen LogP contribution in [-0.4, -0.2) is 44.3 Å². The number of likely N-dealkylation sites (N-methyl/N-ethyl adjacent to an activating group) is 1. The first-order chi connectivity index (χ1) is 18.9. The van der Waals surface area contributed by atoms with E-state index in [1.54, 1.807) is 32.0 Å². The van der Waals surface area contributed by atoms with Crippen molar-refractivity contribution in [3.63, 3.8) is 0 Å². The lowest BCUT2D eigenvalue weighted by Crippen LogP contribution is -2.52. The molecule has 0 aliphatic heterocycles. The zero-order chi connectivity index (χ0) is 29.5. The average Bonchev–Trinajstić information content (AvgIpc) is 2.92. The number of nitrogens with zero attached hydrogens (tertiary/aromatic N) is 2. The van der Waals surface area contributed by atoms with Gasteiger partial charge < -0.3 is 10.2 Å². The maximum atomic E-state index is 13.9. The Morgan fingerprint density at radius 3 is 2.15 bits per heavy atom. The number of hydrogen-bond acceptors (Lipinski definition) is 4. The minimum atomic E-state index is -4.73. The van der Waals surface area contributed by atoms with E-state index in [1.165, 1.54) is 35.2 Å². The smallest absolute Gasteiger partial charge is 0.355 e. The van der Waals surface area contributed by atoms with Crippen molar-refractivity contribution < 1.29 is 31.2 Å². The Balaban J connectivity index is 2.10. The monoisotopic (exact) mass is 575 g/mol. The van der Waals surface area contributed by atoms with Gasteiger partial charge in [0.05, 0.1) is 16.1 Å². The van der Waals surface area contributed by atoms with Gasteiger partial charge in [0.15, 0.2) is 0 Å². The molecule has 1 N–H and O–H groups in total. The van der Waals surface area contributed by atoms with Gasteiger partial charge in [0.25, 0.3) is 10.0 Å². The van der Waals surface area contributed by atoms with E-state index in [9.17, 15) is 31.2 Å². The Hall–Kier alpha value is -3.86.